The van der Waals surface area contributed by atoms with Gasteiger partial charge in [-0.1, -0.05) is 84.9 Å². The Labute approximate surface area is 302 Å². The number of furan rings is 1. The molecule has 11 aromatic rings. The van der Waals surface area contributed by atoms with E-state index < -0.39 is 0 Å². The van der Waals surface area contributed by atoms with Crippen molar-refractivity contribution in [2.45, 2.75) is 12.3 Å². The number of aromatic nitrogens is 2. The molecule has 1 aliphatic carbocycles. The van der Waals surface area contributed by atoms with Crippen LogP contribution in [0, 0.1) is 0 Å². The van der Waals surface area contributed by atoms with E-state index in [0.717, 1.165) is 34.0 Å². The van der Waals surface area contributed by atoms with Crippen molar-refractivity contribution in [1.82, 2.24) is 9.13 Å². The SMILES string of the molecule is C1=CC(c2ccc3c(c2)c2ccccc2n3-c2ccc3sc4ccccc4c3c2)Cc2c1n(-c1ccc3oc4ccccc4c3c1)c1ccccc21. The zero-order valence-corrected chi connectivity index (χ0v) is 28.9. The van der Waals surface area contributed by atoms with Gasteiger partial charge in [0.15, 0.2) is 0 Å². The summed E-state index contributed by atoms with van der Waals surface area (Å²) in [6, 6.07) is 55.5. The van der Waals surface area contributed by atoms with Gasteiger partial charge >= 0.3 is 0 Å². The average molecular weight is 683 g/mol. The summed E-state index contributed by atoms with van der Waals surface area (Å²) < 4.78 is 13.7. The van der Waals surface area contributed by atoms with Gasteiger partial charge in [-0.2, -0.15) is 0 Å². The summed E-state index contributed by atoms with van der Waals surface area (Å²) in [6.07, 6.45) is 5.72. The van der Waals surface area contributed by atoms with Crippen molar-refractivity contribution in [3.63, 3.8) is 0 Å². The Kier molecular flexibility index (Phi) is 5.77. The van der Waals surface area contributed by atoms with Gasteiger partial charge in [0.25, 0.3) is 0 Å². The first kappa shape index (κ1) is 28.3. The molecule has 0 amide bonds. The Balaban J connectivity index is 0.985. The quantitative estimate of drug-likeness (QED) is 0.182. The second-order valence-electron chi connectivity index (χ2n) is 14.1. The fraction of sp³-hybridized carbons (Fsp3) is 0.0417. The first-order chi connectivity index (χ1) is 25.8. The molecule has 0 fully saturated rings. The number of hydrogen-bond acceptors (Lipinski definition) is 2. The summed E-state index contributed by atoms with van der Waals surface area (Å²) >= 11 is 1.87. The van der Waals surface area contributed by atoms with Gasteiger partial charge < -0.3 is 13.6 Å². The molecule has 0 aliphatic heterocycles. The summed E-state index contributed by atoms with van der Waals surface area (Å²) in [5.74, 6) is 0.270. The second kappa shape index (κ2) is 10.6. The molecule has 3 nitrogen and oxygen atoms in total. The van der Waals surface area contributed by atoms with Crippen molar-refractivity contribution in [3.05, 3.63) is 175 Å². The molecule has 0 saturated carbocycles. The van der Waals surface area contributed by atoms with Crippen molar-refractivity contribution in [3.8, 4) is 11.4 Å². The number of allylic oxidation sites excluding steroid dienone is 1. The molecule has 7 aromatic carbocycles. The molecule has 1 atom stereocenters. The maximum Gasteiger partial charge on any atom is 0.135 e. The van der Waals surface area contributed by atoms with Gasteiger partial charge in [0.05, 0.1) is 16.6 Å². The fourth-order valence-electron chi connectivity index (χ4n) is 8.92. The molecule has 4 heterocycles. The molecule has 1 aliphatic rings. The zero-order chi connectivity index (χ0) is 33.9. The number of para-hydroxylation sites is 3. The van der Waals surface area contributed by atoms with Crippen LogP contribution in [0.15, 0.2) is 162 Å². The summed E-state index contributed by atoms with van der Waals surface area (Å²) in [7, 11) is 0. The molecule has 4 heteroatoms. The van der Waals surface area contributed by atoms with Gasteiger partial charge in [-0.05, 0) is 96.4 Å². The lowest BCUT2D eigenvalue weighted by Gasteiger charge is -2.20. The van der Waals surface area contributed by atoms with Gasteiger partial charge in [0, 0.05) is 70.1 Å². The van der Waals surface area contributed by atoms with Crippen LogP contribution in [-0.4, -0.2) is 9.13 Å². The van der Waals surface area contributed by atoms with Crippen LogP contribution < -0.4 is 0 Å². The Morgan fingerprint density at radius 2 is 1.13 bits per heavy atom. The number of rotatable bonds is 3. The summed E-state index contributed by atoms with van der Waals surface area (Å²) in [5.41, 5.74) is 11.9. The molecular weight excluding hydrogens is 653 g/mol. The van der Waals surface area contributed by atoms with E-state index in [1.165, 1.54) is 75.4 Å². The molecule has 1 unspecified atom stereocenters. The third kappa shape index (κ3) is 3.96. The molecule has 244 valence electrons. The maximum absolute atomic E-state index is 6.18. The van der Waals surface area contributed by atoms with Gasteiger partial charge in [-0.15, -0.1) is 11.3 Å². The Morgan fingerprint density at radius 1 is 0.481 bits per heavy atom. The highest BCUT2D eigenvalue weighted by Crippen LogP contribution is 2.42. The smallest absolute Gasteiger partial charge is 0.135 e. The van der Waals surface area contributed by atoms with Crippen LogP contribution >= 0.6 is 11.3 Å². The van der Waals surface area contributed by atoms with Crippen molar-refractivity contribution in [1.29, 1.82) is 0 Å². The molecule has 12 rings (SSSR count). The Bertz CT molecular complexity index is 3290. The molecular formula is C48H30N2OS. The van der Waals surface area contributed by atoms with Crippen molar-refractivity contribution in [2.75, 3.05) is 0 Å². The van der Waals surface area contributed by atoms with E-state index in [4.69, 9.17) is 4.42 Å². The lowest BCUT2D eigenvalue weighted by atomic mass is 9.86. The van der Waals surface area contributed by atoms with Crippen molar-refractivity contribution >= 4 is 92.2 Å². The number of thiophene rings is 1. The summed E-state index contributed by atoms with van der Waals surface area (Å²) in [4.78, 5) is 0. The molecule has 0 spiro atoms. The van der Waals surface area contributed by atoms with E-state index in [0.29, 0.717) is 0 Å². The first-order valence-corrected chi connectivity index (χ1v) is 18.8. The lowest BCUT2D eigenvalue weighted by molar-refractivity contribution is 0.669. The van der Waals surface area contributed by atoms with Crippen LogP contribution in [0.4, 0.5) is 0 Å². The van der Waals surface area contributed by atoms with Crippen LogP contribution in [0.5, 0.6) is 0 Å². The predicted octanol–water partition coefficient (Wildman–Crippen LogP) is 13.3. The maximum atomic E-state index is 6.18. The van der Waals surface area contributed by atoms with Gasteiger partial charge in [-0.3, -0.25) is 0 Å². The van der Waals surface area contributed by atoms with Crippen molar-refractivity contribution in [2.24, 2.45) is 0 Å². The van der Waals surface area contributed by atoms with E-state index in [-0.39, 0.29) is 5.92 Å². The number of hydrogen-bond donors (Lipinski definition) is 0. The minimum atomic E-state index is 0.270. The van der Waals surface area contributed by atoms with Crippen LogP contribution in [-0.2, 0) is 6.42 Å². The minimum absolute atomic E-state index is 0.270. The van der Waals surface area contributed by atoms with Gasteiger partial charge in [-0.25, -0.2) is 0 Å². The standard InChI is InChI=1S/C48H30N2OS/c1-5-13-41-33(9-1)37-25-29(17-21-43(37)49(41)31-19-23-46-39(27-31)35-11-3-7-15-45(35)51-46)30-18-22-44-38(26-30)34-10-2-6-14-42(34)50(44)32-20-24-48-40(28-32)36-12-4-8-16-47(36)52-48/h1-24,26-29H,25H2. The number of nitrogens with zero attached hydrogens (tertiary/aromatic N) is 2. The fourth-order valence-corrected chi connectivity index (χ4v) is 10.0. The Hall–Kier alpha value is -6.36. The van der Waals surface area contributed by atoms with Crippen molar-refractivity contribution < 1.29 is 4.42 Å². The highest BCUT2D eigenvalue weighted by Gasteiger charge is 2.25. The van der Waals surface area contributed by atoms with Crippen LogP contribution in [0.25, 0.3) is 92.3 Å². The third-order valence-corrected chi connectivity index (χ3v) is 12.4. The van der Waals surface area contributed by atoms with Crippen LogP contribution in [0.1, 0.15) is 22.7 Å². The molecule has 0 bridgehead atoms. The molecule has 0 saturated heterocycles. The minimum Gasteiger partial charge on any atom is -0.456 e. The van der Waals surface area contributed by atoms with E-state index >= 15 is 0 Å². The van der Waals surface area contributed by atoms with Crippen LogP contribution in [0.2, 0.25) is 0 Å². The zero-order valence-electron chi connectivity index (χ0n) is 28.1. The monoisotopic (exact) mass is 682 g/mol. The summed E-state index contributed by atoms with van der Waals surface area (Å²) in [5, 5.41) is 8.84. The van der Waals surface area contributed by atoms with E-state index in [9.17, 15) is 0 Å². The topological polar surface area (TPSA) is 23.0 Å². The second-order valence-corrected chi connectivity index (χ2v) is 15.2. The highest BCUT2D eigenvalue weighted by molar-refractivity contribution is 7.25. The Morgan fingerprint density at radius 3 is 2.04 bits per heavy atom. The highest BCUT2D eigenvalue weighted by atomic mass is 32.1. The number of fused-ring (bicyclic) bond motifs is 12. The van der Waals surface area contributed by atoms with Gasteiger partial charge in [0.2, 0.25) is 0 Å². The molecule has 0 radical (unpaired) electrons. The predicted molar refractivity (Wildman–Crippen MR) is 220 cm³/mol. The number of benzene rings is 7. The van der Waals surface area contributed by atoms with E-state index in [2.05, 4.69) is 161 Å². The molecule has 0 N–H and O–H groups in total. The van der Waals surface area contributed by atoms with E-state index in [1.54, 1.807) is 0 Å². The first-order valence-electron chi connectivity index (χ1n) is 17.9. The molecule has 52 heavy (non-hydrogen) atoms. The lowest BCUT2D eigenvalue weighted by Crippen LogP contribution is -2.07. The van der Waals surface area contributed by atoms with E-state index in [1.807, 2.05) is 23.5 Å². The largest absolute Gasteiger partial charge is 0.456 e. The van der Waals surface area contributed by atoms with Crippen LogP contribution in [0.3, 0.4) is 0 Å². The summed E-state index contributed by atoms with van der Waals surface area (Å²) in [6.45, 7) is 0. The third-order valence-electron chi connectivity index (χ3n) is 11.3. The normalized spacial score (nSPS) is 14.6. The van der Waals surface area contributed by atoms with Gasteiger partial charge in [0.1, 0.15) is 11.2 Å². The molecule has 4 aromatic heterocycles. The average Bonchev–Trinajstić information content (AvgIpc) is 3.94.